The van der Waals surface area contributed by atoms with Crippen molar-refractivity contribution in [3.05, 3.63) is 36.4 Å². The van der Waals surface area contributed by atoms with Crippen molar-refractivity contribution in [3.63, 3.8) is 0 Å². The van der Waals surface area contributed by atoms with Crippen molar-refractivity contribution in [2.75, 3.05) is 12.4 Å². The lowest BCUT2D eigenvalue weighted by atomic mass is 10.3. The molecule has 4 rings (SSSR count). The van der Waals surface area contributed by atoms with Gasteiger partial charge in [0, 0.05) is 12.4 Å². The first-order chi connectivity index (χ1) is 11.2. The number of carbonyl (C=O) groups is 1. The minimum absolute atomic E-state index is 0.289. The zero-order chi connectivity index (χ0) is 15.8. The molecule has 0 aliphatic heterocycles. The van der Waals surface area contributed by atoms with Gasteiger partial charge in [-0.05, 0) is 12.1 Å². The lowest BCUT2D eigenvalue weighted by Crippen LogP contribution is -2.12. The van der Waals surface area contributed by atoms with E-state index in [0.717, 1.165) is 20.4 Å². The normalized spacial score (nSPS) is 11.0. The number of nitrogens with one attached hydrogen (secondary N) is 1. The molecule has 1 amide bonds. The maximum atomic E-state index is 12.2. The monoisotopic (exact) mass is 343 g/mol. The Kier molecular flexibility index (Phi) is 3.36. The van der Waals surface area contributed by atoms with Crippen molar-refractivity contribution in [2.45, 2.75) is 0 Å². The summed E-state index contributed by atoms with van der Waals surface area (Å²) < 4.78 is 7.16. The van der Waals surface area contributed by atoms with Crippen LogP contribution in [0.2, 0.25) is 0 Å². The van der Waals surface area contributed by atoms with Crippen molar-refractivity contribution in [3.8, 4) is 5.19 Å². The Morgan fingerprint density at radius 2 is 1.78 bits per heavy atom. The molecule has 0 unspecified atom stereocenters. The SMILES string of the molecule is COc1nc2ccc3nc(NC(=O)c4cncnc4)sc3c2s1. The summed E-state index contributed by atoms with van der Waals surface area (Å²) in [5, 5.41) is 3.90. The van der Waals surface area contributed by atoms with E-state index in [1.807, 2.05) is 12.1 Å². The van der Waals surface area contributed by atoms with E-state index < -0.39 is 0 Å². The van der Waals surface area contributed by atoms with Crippen molar-refractivity contribution in [2.24, 2.45) is 0 Å². The third-order valence-corrected chi connectivity index (χ3v) is 5.29. The van der Waals surface area contributed by atoms with E-state index in [4.69, 9.17) is 4.74 Å². The van der Waals surface area contributed by atoms with Crippen molar-refractivity contribution >= 4 is 54.1 Å². The number of methoxy groups -OCH3 is 1. The molecular formula is C14H9N5O2S2. The van der Waals surface area contributed by atoms with E-state index in [1.54, 1.807) is 7.11 Å². The van der Waals surface area contributed by atoms with Gasteiger partial charge in [-0.3, -0.25) is 10.1 Å². The first kappa shape index (κ1) is 14.0. The molecule has 0 bridgehead atoms. The molecule has 23 heavy (non-hydrogen) atoms. The van der Waals surface area contributed by atoms with E-state index in [2.05, 4.69) is 25.3 Å². The van der Waals surface area contributed by atoms with Gasteiger partial charge in [-0.25, -0.2) is 19.9 Å². The number of nitrogens with zero attached hydrogens (tertiary/aromatic N) is 4. The van der Waals surface area contributed by atoms with E-state index in [1.165, 1.54) is 41.4 Å². The Morgan fingerprint density at radius 1 is 1.09 bits per heavy atom. The van der Waals surface area contributed by atoms with Crippen LogP contribution in [0.1, 0.15) is 10.4 Å². The molecule has 3 heterocycles. The van der Waals surface area contributed by atoms with E-state index >= 15 is 0 Å². The summed E-state index contributed by atoms with van der Waals surface area (Å²) in [7, 11) is 1.59. The smallest absolute Gasteiger partial charge is 0.274 e. The molecule has 7 nitrogen and oxygen atoms in total. The lowest BCUT2D eigenvalue weighted by Gasteiger charge is -1.99. The fourth-order valence-electron chi connectivity index (χ4n) is 2.08. The largest absolute Gasteiger partial charge is 0.473 e. The van der Waals surface area contributed by atoms with E-state index in [0.29, 0.717) is 15.9 Å². The number of benzene rings is 1. The molecule has 9 heteroatoms. The zero-order valence-corrected chi connectivity index (χ0v) is 13.4. The van der Waals surface area contributed by atoms with Gasteiger partial charge in [-0.1, -0.05) is 22.7 Å². The second-order valence-electron chi connectivity index (χ2n) is 4.55. The fourth-order valence-corrected chi connectivity index (χ4v) is 4.04. The van der Waals surface area contributed by atoms with Gasteiger partial charge < -0.3 is 4.74 Å². The standard InChI is InChI=1S/C14H9N5O2S2/c1-21-14-18-9-3-2-8-10(11(9)23-14)22-13(17-8)19-12(20)7-4-15-6-16-5-7/h2-6H,1H3,(H,17,19,20). The summed E-state index contributed by atoms with van der Waals surface area (Å²) in [6.45, 7) is 0. The van der Waals surface area contributed by atoms with Crippen molar-refractivity contribution in [1.82, 2.24) is 19.9 Å². The van der Waals surface area contributed by atoms with Crippen LogP contribution in [0.5, 0.6) is 5.19 Å². The van der Waals surface area contributed by atoms with Gasteiger partial charge in [0.05, 0.1) is 33.1 Å². The molecule has 0 radical (unpaired) electrons. The Morgan fingerprint density at radius 3 is 2.52 bits per heavy atom. The molecule has 3 aromatic heterocycles. The molecule has 0 fully saturated rings. The maximum absolute atomic E-state index is 12.2. The molecule has 0 spiro atoms. The van der Waals surface area contributed by atoms with Gasteiger partial charge >= 0.3 is 0 Å². The molecule has 0 aliphatic carbocycles. The van der Waals surface area contributed by atoms with Gasteiger partial charge in [0.25, 0.3) is 11.1 Å². The molecule has 0 aliphatic rings. The number of fused-ring (bicyclic) bond motifs is 3. The van der Waals surface area contributed by atoms with Gasteiger partial charge in [0.1, 0.15) is 6.33 Å². The second-order valence-corrected chi connectivity index (χ2v) is 6.51. The third kappa shape index (κ3) is 2.49. The minimum Gasteiger partial charge on any atom is -0.473 e. The maximum Gasteiger partial charge on any atom is 0.274 e. The first-order valence-electron chi connectivity index (χ1n) is 6.55. The summed E-state index contributed by atoms with van der Waals surface area (Å²) in [4.78, 5) is 28.6. The highest BCUT2D eigenvalue weighted by Gasteiger charge is 2.14. The van der Waals surface area contributed by atoms with Crippen LogP contribution in [0.4, 0.5) is 5.13 Å². The fraction of sp³-hybridized carbons (Fsp3) is 0.0714. The third-order valence-electron chi connectivity index (χ3n) is 3.11. The van der Waals surface area contributed by atoms with Crippen LogP contribution < -0.4 is 10.1 Å². The number of amides is 1. The number of anilines is 1. The quantitative estimate of drug-likeness (QED) is 0.615. The first-order valence-corrected chi connectivity index (χ1v) is 8.18. The van der Waals surface area contributed by atoms with Crippen LogP contribution in [0.3, 0.4) is 0 Å². The van der Waals surface area contributed by atoms with Gasteiger partial charge in [0.2, 0.25) is 0 Å². The summed E-state index contributed by atoms with van der Waals surface area (Å²) >= 11 is 2.86. The summed E-state index contributed by atoms with van der Waals surface area (Å²) in [5.74, 6) is -0.289. The van der Waals surface area contributed by atoms with Crippen LogP contribution in [0, 0.1) is 0 Å². The van der Waals surface area contributed by atoms with Crippen LogP contribution in [-0.2, 0) is 0 Å². The Hall–Kier alpha value is -2.65. The Labute approximate surface area is 138 Å². The molecule has 0 saturated heterocycles. The molecule has 0 saturated carbocycles. The van der Waals surface area contributed by atoms with Crippen LogP contribution in [0.15, 0.2) is 30.9 Å². The number of aromatic nitrogens is 4. The molecule has 114 valence electrons. The van der Waals surface area contributed by atoms with E-state index in [-0.39, 0.29) is 5.91 Å². The average molecular weight is 343 g/mol. The van der Waals surface area contributed by atoms with Crippen LogP contribution in [0.25, 0.3) is 20.4 Å². The van der Waals surface area contributed by atoms with Crippen LogP contribution >= 0.6 is 22.7 Å². The second kappa shape index (κ2) is 5.52. The number of hydrogen-bond acceptors (Lipinski definition) is 8. The Bertz CT molecular complexity index is 1010. The molecule has 1 N–H and O–H groups in total. The Balaban J connectivity index is 1.72. The lowest BCUT2D eigenvalue weighted by molar-refractivity contribution is 0.102. The molecule has 1 aromatic carbocycles. The predicted molar refractivity (Wildman–Crippen MR) is 89.3 cm³/mol. The molecule has 0 atom stereocenters. The predicted octanol–water partition coefficient (Wildman–Crippen LogP) is 2.96. The van der Waals surface area contributed by atoms with Crippen molar-refractivity contribution in [1.29, 1.82) is 0 Å². The summed E-state index contributed by atoms with van der Waals surface area (Å²) in [6, 6.07) is 3.78. The number of carbonyl (C=O) groups excluding carboxylic acids is 1. The topological polar surface area (TPSA) is 89.9 Å². The van der Waals surface area contributed by atoms with Crippen molar-refractivity contribution < 1.29 is 9.53 Å². The summed E-state index contributed by atoms with van der Waals surface area (Å²) in [5.41, 5.74) is 2.06. The van der Waals surface area contributed by atoms with E-state index in [9.17, 15) is 4.79 Å². The highest BCUT2D eigenvalue weighted by Crippen LogP contribution is 2.38. The highest BCUT2D eigenvalue weighted by atomic mass is 32.1. The molecule has 4 aromatic rings. The number of hydrogen-bond donors (Lipinski definition) is 1. The van der Waals surface area contributed by atoms with Gasteiger partial charge in [-0.15, -0.1) is 0 Å². The van der Waals surface area contributed by atoms with Gasteiger partial charge in [-0.2, -0.15) is 0 Å². The minimum atomic E-state index is -0.289. The van der Waals surface area contributed by atoms with Gasteiger partial charge in [0.15, 0.2) is 5.13 Å². The zero-order valence-electron chi connectivity index (χ0n) is 11.8. The summed E-state index contributed by atoms with van der Waals surface area (Å²) in [6.07, 6.45) is 4.30. The molecular weight excluding hydrogens is 334 g/mol. The van der Waals surface area contributed by atoms with Crippen LogP contribution in [-0.4, -0.2) is 33.0 Å². The number of thiazole rings is 2. The highest BCUT2D eigenvalue weighted by molar-refractivity contribution is 7.29. The average Bonchev–Trinajstić information content (AvgIpc) is 3.18. The number of rotatable bonds is 3. The number of ether oxygens (including phenoxy) is 1.